The minimum Gasteiger partial charge on any atom is -0.465 e. The lowest BCUT2D eigenvalue weighted by Gasteiger charge is -2.36. The number of hydrogen-bond acceptors (Lipinski definition) is 4. The summed E-state index contributed by atoms with van der Waals surface area (Å²) in [6.07, 6.45) is 0.998. The fraction of sp³-hybridized carbons (Fsp3) is 0.364. The van der Waals surface area contributed by atoms with E-state index in [0.29, 0.717) is 37.3 Å². The molecule has 1 N–H and O–H groups in total. The third-order valence-electron chi connectivity index (χ3n) is 5.51. The number of benzene rings is 2. The van der Waals surface area contributed by atoms with Crippen LogP contribution in [0.1, 0.15) is 39.9 Å². The van der Waals surface area contributed by atoms with Gasteiger partial charge in [-0.25, -0.2) is 9.18 Å². The number of nitrogens with one attached hydrogen (secondary N) is 1. The van der Waals surface area contributed by atoms with Crippen LogP contribution < -0.4 is 5.32 Å². The lowest BCUT2D eigenvalue weighted by atomic mass is 9.73. The zero-order chi connectivity index (χ0) is 20.3. The number of ether oxygens (including phenoxy) is 2. The van der Waals surface area contributed by atoms with Gasteiger partial charge in [-0.3, -0.25) is 4.79 Å². The first kappa shape index (κ1) is 20.0. The first-order valence-electron chi connectivity index (χ1n) is 9.22. The number of carbonyl (C=O) groups is 2. The number of hydrogen-bond donors (Lipinski definition) is 1. The molecule has 3 rings (SSSR count). The van der Waals surface area contributed by atoms with Crippen LogP contribution in [0.2, 0.25) is 0 Å². The van der Waals surface area contributed by atoms with Crippen LogP contribution in [0.5, 0.6) is 0 Å². The van der Waals surface area contributed by atoms with E-state index >= 15 is 0 Å². The van der Waals surface area contributed by atoms with Crippen LogP contribution in [0.25, 0.3) is 0 Å². The van der Waals surface area contributed by atoms with E-state index in [2.05, 4.69) is 5.32 Å². The molecule has 6 heteroatoms. The molecular formula is C22H24FNO4. The zero-order valence-electron chi connectivity index (χ0n) is 16.3. The van der Waals surface area contributed by atoms with Crippen molar-refractivity contribution in [1.82, 2.24) is 0 Å². The summed E-state index contributed by atoms with van der Waals surface area (Å²) >= 11 is 0. The first-order valence-corrected chi connectivity index (χ1v) is 9.22. The summed E-state index contributed by atoms with van der Waals surface area (Å²) in [6, 6.07) is 9.50. The smallest absolute Gasteiger partial charge is 0.338 e. The van der Waals surface area contributed by atoms with Crippen molar-refractivity contribution < 1.29 is 23.5 Å². The number of rotatable bonds is 4. The standard InChI is InChI=1S/C22H24FNO4/c1-14-12-18(13-19(15(14)2)20(25)27-3)24-21(26)22(8-10-28-11-9-22)16-4-6-17(23)7-5-16/h4-7,12-13H,8-11H2,1-3H3,(H,24,26). The molecule has 0 bridgehead atoms. The van der Waals surface area contributed by atoms with Crippen molar-refractivity contribution in [3.8, 4) is 0 Å². The number of anilines is 1. The molecule has 1 heterocycles. The molecular weight excluding hydrogens is 361 g/mol. The predicted octanol–water partition coefficient (Wildman–Crippen LogP) is 3.92. The van der Waals surface area contributed by atoms with E-state index in [4.69, 9.17) is 9.47 Å². The van der Waals surface area contributed by atoms with Crippen molar-refractivity contribution in [1.29, 1.82) is 0 Å². The molecule has 2 aromatic rings. The van der Waals surface area contributed by atoms with E-state index in [1.54, 1.807) is 18.2 Å². The van der Waals surface area contributed by atoms with Crippen molar-refractivity contribution in [2.45, 2.75) is 32.1 Å². The number of esters is 1. The third-order valence-corrected chi connectivity index (χ3v) is 5.51. The fourth-order valence-corrected chi connectivity index (χ4v) is 3.64. The molecule has 1 aliphatic heterocycles. The highest BCUT2D eigenvalue weighted by Gasteiger charge is 2.41. The monoisotopic (exact) mass is 385 g/mol. The van der Waals surface area contributed by atoms with E-state index in [1.165, 1.54) is 19.2 Å². The number of amides is 1. The summed E-state index contributed by atoms with van der Waals surface area (Å²) in [4.78, 5) is 25.4. The second-order valence-electron chi connectivity index (χ2n) is 7.11. The molecule has 1 fully saturated rings. The van der Waals surface area contributed by atoms with E-state index in [9.17, 15) is 14.0 Å². The summed E-state index contributed by atoms with van der Waals surface area (Å²) in [5.41, 5.74) is 2.58. The molecule has 0 radical (unpaired) electrons. The van der Waals surface area contributed by atoms with Gasteiger partial charge in [-0.15, -0.1) is 0 Å². The molecule has 0 unspecified atom stereocenters. The summed E-state index contributed by atoms with van der Waals surface area (Å²) in [5, 5.41) is 2.96. The maximum absolute atomic E-state index is 13.4. The predicted molar refractivity (Wildman–Crippen MR) is 104 cm³/mol. The normalized spacial score (nSPS) is 15.7. The lowest BCUT2D eigenvalue weighted by Crippen LogP contribution is -2.44. The van der Waals surface area contributed by atoms with E-state index in [1.807, 2.05) is 19.9 Å². The van der Waals surface area contributed by atoms with Gasteiger partial charge >= 0.3 is 5.97 Å². The highest BCUT2D eigenvalue weighted by molar-refractivity contribution is 6.01. The highest BCUT2D eigenvalue weighted by Crippen LogP contribution is 2.36. The minimum atomic E-state index is -0.809. The van der Waals surface area contributed by atoms with Gasteiger partial charge in [-0.05, 0) is 67.6 Å². The van der Waals surface area contributed by atoms with Crippen LogP contribution in [0, 0.1) is 19.7 Å². The van der Waals surface area contributed by atoms with Gasteiger partial charge in [0.25, 0.3) is 0 Å². The summed E-state index contributed by atoms with van der Waals surface area (Å²) < 4.78 is 23.7. The molecule has 148 valence electrons. The van der Waals surface area contributed by atoms with Crippen LogP contribution in [0.3, 0.4) is 0 Å². The topological polar surface area (TPSA) is 64.6 Å². The number of carbonyl (C=O) groups excluding carboxylic acids is 2. The van der Waals surface area contributed by atoms with Crippen LogP contribution >= 0.6 is 0 Å². The Morgan fingerprint density at radius 1 is 1.11 bits per heavy atom. The minimum absolute atomic E-state index is 0.193. The van der Waals surface area contributed by atoms with Gasteiger partial charge in [-0.1, -0.05) is 12.1 Å². The molecule has 0 atom stereocenters. The van der Waals surface area contributed by atoms with Crippen LogP contribution in [0.15, 0.2) is 36.4 Å². The van der Waals surface area contributed by atoms with Crippen molar-refractivity contribution in [3.05, 3.63) is 64.5 Å². The molecule has 1 saturated heterocycles. The average molecular weight is 385 g/mol. The number of halogens is 1. The van der Waals surface area contributed by atoms with Gasteiger partial charge in [0.05, 0.1) is 18.1 Å². The average Bonchev–Trinajstić information content (AvgIpc) is 2.71. The van der Waals surface area contributed by atoms with E-state index in [0.717, 1.165) is 16.7 Å². The molecule has 1 amide bonds. The molecule has 1 aliphatic rings. The lowest BCUT2D eigenvalue weighted by molar-refractivity contribution is -0.125. The molecule has 28 heavy (non-hydrogen) atoms. The van der Waals surface area contributed by atoms with Crippen LogP contribution in [-0.4, -0.2) is 32.2 Å². The quantitative estimate of drug-likeness (QED) is 0.811. The van der Waals surface area contributed by atoms with Crippen molar-refractivity contribution in [2.24, 2.45) is 0 Å². The Morgan fingerprint density at radius 3 is 2.36 bits per heavy atom. The van der Waals surface area contributed by atoms with Gasteiger partial charge < -0.3 is 14.8 Å². The Morgan fingerprint density at radius 2 is 1.75 bits per heavy atom. The van der Waals surface area contributed by atoms with E-state index in [-0.39, 0.29) is 11.7 Å². The van der Waals surface area contributed by atoms with Gasteiger partial charge in [-0.2, -0.15) is 0 Å². The molecule has 5 nitrogen and oxygen atoms in total. The molecule has 0 aromatic heterocycles. The van der Waals surface area contributed by atoms with Gasteiger partial charge in [0, 0.05) is 18.9 Å². The largest absolute Gasteiger partial charge is 0.465 e. The highest BCUT2D eigenvalue weighted by atomic mass is 19.1. The maximum Gasteiger partial charge on any atom is 0.338 e. The second kappa shape index (κ2) is 8.10. The van der Waals surface area contributed by atoms with Gasteiger partial charge in [0.15, 0.2) is 0 Å². The fourth-order valence-electron chi connectivity index (χ4n) is 3.64. The van der Waals surface area contributed by atoms with E-state index < -0.39 is 11.4 Å². The summed E-state index contributed by atoms with van der Waals surface area (Å²) in [5.74, 6) is -0.985. The van der Waals surface area contributed by atoms with Crippen molar-refractivity contribution in [2.75, 3.05) is 25.6 Å². The maximum atomic E-state index is 13.4. The van der Waals surface area contributed by atoms with Crippen LogP contribution in [-0.2, 0) is 19.7 Å². The Balaban J connectivity index is 1.96. The Kier molecular flexibility index (Phi) is 5.79. The molecule has 0 saturated carbocycles. The Hall–Kier alpha value is -2.73. The Bertz CT molecular complexity index is 886. The SMILES string of the molecule is COC(=O)c1cc(NC(=O)C2(c3ccc(F)cc3)CCOCC2)cc(C)c1C. The second-order valence-corrected chi connectivity index (χ2v) is 7.11. The van der Waals surface area contributed by atoms with Crippen LogP contribution in [0.4, 0.5) is 10.1 Å². The summed E-state index contributed by atoms with van der Waals surface area (Å²) in [6.45, 7) is 4.61. The number of methoxy groups -OCH3 is 1. The summed E-state index contributed by atoms with van der Waals surface area (Å²) in [7, 11) is 1.33. The first-order chi connectivity index (χ1) is 13.4. The molecule has 2 aromatic carbocycles. The molecule has 0 spiro atoms. The van der Waals surface area contributed by atoms with Gasteiger partial charge in [0.2, 0.25) is 5.91 Å². The Labute approximate surface area is 163 Å². The molecule has 0 aliphatic carbocycles. The van der Waals surface area contributed by atoms with Crippen molar-refractivity contribution >= 4 is 17.6 Å². The van der Waals surface area contributed by atoms with Gasteiger partial charge in [0.1, 0.15) is 5.82 Å². The number of aryl methyl sites for hydroxylation is 1. The third kappa shape index (κ3) is 3.78. The zero-order valence-corrected chi connectivity index (χ0v) is 16.3. The van der Waals surface area contributed by atoms with Crippen molar-refractivity contribution in [3.63, 3.8) is 0 Å².